The van der Waals surface area contributed by atoms with E-state index in [9.17, 15) is 0 Å². The van der Waals surface area contributed by atoms with Crippen LogP contribution in [0.1, 0.15) is 11.3 Å². The zero-order valence-corrected chi connectivity index (χ0v) is 12.1. The van der Waals surface area contributed by atoms with E-state index in [4.69, 9.17) is 23.8 Å². The lowest BCUT2D eigenvalue weighted by Gasteiger charge is -2.11. The van der Waals surface area contributed by atoms with E-state index in [1.54, 1.807) is 0 Å². The van der Waals surface area contributed by atoms with Crippen molar-refractivity contribution in [3.63, 3.8) is 0 Å². The Morgan fingerprint density at radius 1 is 1.21 bits per heavy atom. The molecule has 5 heteroatoms. The molecule has 0 aliphatic carbocycles. The van der Waals surface area contributed by atoms with Gasteiger partial charge in [-0.05, 0) is 42.9 Å². The Labute approximate surface area is 123 Å². The van der Waals surface area contributed by atoms with E-state index < -0.39 is 0 Å². The maximum Gasteiger partial charge on any atom is 0.172 e. The molecule has 0 saturated heterocycles. The van der Waals surface area contributed by atoms with Crippen LogP contribution < -0.4 is 10.6 Å². The van der Waals surface area contributed by atoms with Gasteiger partial charge in [0, 0.05) is 17.3 Å². The smallest absolute Gasteiger partial charge is 0.172 e. The van der Waals surface area contributed by atoms with E-state index >= 15 is 0 Å². The molecular weight excluding hydrogens is 278 g/mol. The Morgan fingerprint density at radius 2 is 2.00 bits per heavy atom. The van der Waals surface area contributed by atoms with Crippen LogP contribution in [-0.2, 0) is 6.54 Å². The summed E-state index contributed by atoms with van der Waals surface area (Å²) in [6.07, 6.45) is 0. The summed E-state index contributed by atoms with van der Waals surface area (Å²) < 4.78 is 0. The minimum absolute atomic E-state index is 0.526. The molecule has 0 aliphatic heterocycles. The van der Waals surface area contributed by atoms with Gasteiger partial charge in [0.2, 0.25) is 0 Å². The van der Waals surface area contributed by atoms with Crippen LogP contribution in [-0.4, -0.2) is 10.1 Å². The molecular formula is C14H14ClN3S. The Balaban J connectivity index is 1.90. The van der Waals surface area contributed by atoms with E-state index in [1.807, 2.05) is 49.4 Å². The fourth-order valence-electron chi connectivity index (χ4n) is 1.59. The number of thiocarbonyl (C=S) groups is 1. The summed E-state index contributed by atoms with van der Waals surface area (Å²) in [7, 11) is 0. The minimum Gasteiger partial charge on any atom is -0.358 e. The molecule has 2 rings (SSSR count). The number of halogens is 1. The largest absolute Gasteiger partial charge is 0.358 e. The van der Waals surface area contributed by atoms with Crippen molar-refractivity contribution in [1.29, 1.82) is 0 Å². The maximum atomic E-state index is 6.07. The molecule has 0 aliphatic rings. The number of nitrogens with zero attached hydrogens (tertiary/aromatic N) is 1. The van der Waals surface area contributed by atoms with Gasteiger partial charge in [-0.2, -0.15) is 0 Å². The normalized spacial score (nSPS) is 10.0. The summed E-state index contributed by atoms with van der Waals surface area (Å²) in [6.45, 7) is 2.52. The molecule has 1 aromatic carbocycles. The van der Waals surface area contributed by atoms with E-state index in [1.165, 1.54) is 0 Å². The van der Waals surface area contributed by atoms with Crippen molar-refractivity contribution in [3.05, 3.63) is 58.7 Å². The van der Waals surface area contributed by atoms with E-state index in [2.05, 4.69) is 15.6 Å². The highest BCUT2D eigenvalue weighted by Crippen LogP contribution is 2.14. The summed E-state index contributed by atoms with van der Waals surface area (Å²) in [5.41, 5.74) is 1.95. The third kappa shape index (κ3) is 4.19. The number of pyridine rings is 1. The van der Waals surface area contributed by atoms with Gasteiger partial charge < -0.3 is 10.6 Å². The van der Waals surface area contributed by atoms with Crippen LogP contribution in [0.25, 0.3) is 0 Å². The van der Waals surface area contributed by atoms with E-state index in [-0.39, 0.29) is 0 Å². The molecule has 3 nitrogen and oxygen atoms in total. The molecule has 1 aromatic heterocycles. The number of anilines is 1. The molecule has 0 fully saturated rings. The lowest BCUT2D eigenvalue weighted by Crippen LogP contribution is -2.28. The SMILES string of the molecule is Cc1cccc(NC(=S)NCc2ccccc2Cl)n1. The van der Waals surface area contributed by atoms with Crippen LogP contribution >= 0.6 is 23.8 Å². The third-order valence-electron chi connectivity index (χ3n) is 2.53. The molecule has 19 heavy (non-hydrogen) atoms. The summed E-state index contributed by atoms with van der Waals surface area (Å²) in [5, 5.41) is 7.40. The van der Waals surface area contributed by atoms with Gasteiger partial charge in [-0.25, -0.2) is 4.98 Å². The molecule has 0 saturated carbocycles. The highest BCUT2D eigenvalue weighted by Gasteiger charge is 2.01. The predicted octanol–water partition coefficient (Wildman–Crippen LogP) is 3.53. The van der Waals surface area contributed by atoms with Crippen LogP contribution in [0.4, 0.5) is 5.82 Å². The van der Waals surface area contributed by atoms with Crippen molar-refractivity contribution in [2.24, 2.45) is 0 Å². The van der Waals surface area contributed by atoms with Gasteiger partial charge in [-0.3, -0.25) is 0 Å². The molecule has 0 bridgehead atoms. The van der Waals surface area contributed by atoms with Crippen LogP contribution in [0.2, 0.25) is 5.02 Å². The standard InChI is InChI=1S/C14H14ClN3S/c1-10-5-4-8-13(17-10)18-14(19)16-9-11-6-2-3-7-12(11)15/h2-8H,9H2,1H3,(H2,16,17,18,19). The van der Waals surface area contributed by atoms with Crippen molar-refractivity contribution >= 4 is 34.7 Å². The van der Waals surface area contributed by atoms with Gasteiger partial charge >= 0.3 is 0 Å². The Hall–Kier alpha value is -1.65. The molecule has 98 valence electrons. The fourth-order valence-corrected chi connectivity index (χ4v) is 1.97. The number of nitrogens with one attached hydrogen (secondary N) is 2. The van der Waals surface area contributed by atoms with Crippen LogP contribution in [0, 0.1) is 6.92 Å². The second kappa shape index (κ2) is 6.50. The first-order valence-electron chi connectivity index (χ1n) is 5.87. The Morgan fingerprint density at radius 3 is 2.74 bits per heavy atom. The first-order valence-corrected chi connectivity index (χ1v) is 6.66. The Kier molecular flexibility index (Phi) is 4.71. The molecule has 0 radical (unpaired) electrons. The number of aromatic nitrogens is 1. The average molecular weight is 292 g/mol. The highest BCUT2D eigenvalue weighted by molar-refractivity contribution is 7.80. The molecule has 0 unspecified atom stereocenters. The predicted molar refractivity (Wildman–Crippen MR) is 83.5 cm³/mol. The average Bonchev–Trinajstić information content (AvgIpc) is 2.38. The first kappa shape index (κ1) is 13.8. The molecule has 2 aromatic rings. The van der Waals surface area contributed by atoms with E-state index in [0.717, 1.165) is 22.1 Å². The van der Waals surface area contributed by atoms with Gasteiger partial charge in [0.15, 0.2) is 5.11 Å². The summed E-state index contributed by atoms with van der Waals surface area (Å²) in [6, 6.07) is 13.4. The zero-order valence-electron chi connectivity index (χ0n) is 10.5. The van der Waals surface area contributed by atoms with Crippen molar-refractivity contribution in [1.82, 2.24) is 10.3 Å². The number of hydrogen-bond donors (Lipinski definition) is 2. The molecule has 2 N–H and O–H groups in total. The number of hydrogen-bond acceptors (Lipinski definition) is 2. The van der Waals surface area contributed by atoms with Crippen molar-refractivity contribution < 1.29 is 0 Å². The summed E-state index contributed by atoms with van der Waals surface area (Å²) in [4.78, 5) is 4.32. The fraction of sp³-hybridized carbons (Fsp3) is 0.143. The van der Waals surface area contributed by atoms with Gasteiger partial charge in [-0.15, -0.1) is 0 Å². The van der Waals surface area contributed by atoms with Crippen molar-refractivity contribution in [2.75, 3.05) is 5.32 Å². The van der Waals surface area contributed by atoms with Crippen molar-refractivity contribution in [3.8, 4) is 0 Å². The van der Waals surface area contributed by atoms with Crippen LogP contribution in [0.5, 0.6) is 0 Å². The Bertz CT molecular complexity index is 586. The van der Waals surface area contributed by atoms with Gasteiger partial charge in [0.05, 0.1) is 0 Å². The minimum atomic E-state index is 0.526. The highest BCUT2D eigenvalue weighted by atomic mass is 35.5. The molecule has 0 atom stereocenters. The maximum absolute atomic E-state index is 6.07. The number of benzene rings is 1. The molecule has 1 heterocycles. The van der Waals surface area contributed by atoms with Gasteiger partial charge in [-0.1, -0.05) is 35.9 Å². The monoisotopic (exact) mass is 291 g/mol. The lowest BCUT2D eigenvalue weighted by molar-refractivity contribution is 0.925. The molecule has 0 spiro atoms. The number of aryl methyl sites for hydroxylation is 1. The van der Waals surface area contributed by atoms with Gasteiger partial charge in [0.1, 0.15) is 5.82 Å². The van der Waals surface area contributed by atoms with Crippen LogP contribution in [0.3, 0.4) is 0 Å². The molecule has 0 amide bonds. The van der Waals surface area contributed by atoms with Crippen molar-refractivity contribution in [2.45, 2.75) is 13.5 Å². The topological polar surface area (TPSA) is 37.0 Å². The quantitative estimate of drug-likeness (QED) is 0.848. The summed E-state index contributed by atoms with van der Waals surface area (Å²) in [5.74, 6) is 0.733. The second-order valence-corrected chi connectivity index (χ2v) is 4.88. The zero-order chi connectivity index (χ0) is 13.7. The van der Waals surface area contributed by atoms with E-state index in [0.29, 0.717) is 11.7 Å². The van der Waals surface area contributed by atoms with Gasteiger partial charge in [0.25, 0.3) is 0 Å². The third-order valence-corrected chi connectivity index (χ3v) is 3.14. The lowest BCUT2D eigenvalue weighted by atomic mass is 10.2. The van der Waals surface area contributed by atoms with Crippen LogP contribution in [0.15, 0.2) is 42.5 Å². The number of rotatable bonds is 3. The summed E-state index contributed by atoms with van der Waals surface area (Å²) >= 11 is 11.3. The first-order chi connectivity index (χ1) is 9.15. The second-order valence-electron chi connectivity index (χ2n) is 4.06.